The average Bonchev–Trinajstić information content (AvgIpc) is 2.98. The van der Waals surface area contributed by atoms with Gasteiger partial charge in [-0.25, -0.2) is 9.97 Å². The molecule has 1 aliphatic rings. The maximum atomic E-state index is 5.39. The Morgan fingerprint density at radius 2 is 1.97 bits per heavy atom. The van der Waals surface area contributed by atoms with E-state index in [4.69, 9.17) is 14.5 Å². The Balaban J connectivity index is 1.62. The molecule has 0 unspecified atom stereocenters. The maximum Gasteiger partial charge on any atom is 0.223 e. The average molecular weight is 443 g/mol. The van der Waals surface area contributed by atoms with Gasteiger partial charge in [0.2, 0.25) is 5.95 Å². The standard InChI is InChI=1S/C25H26N6O2/c1-5-6-18-23-19(17-10-11-27-15-20(17)30-24(18)26-2)14-29-25(31-23)28-12-9-16-7-8-21(32-3)22(13-16)33-4/h5-8,10-11,13-15H,1,9,12H2,2-4H3,(H,26,30)(H,28,29,31)/b18-6-. The van der Waals surface area contributed by atoms with Crippen LogP contribution in [0.3, 0.4) is 0 Å². The molecule has 1 aromatic carbocycles. The first-order chi connectivity index (χ1) is 16.2. The van der Waals surface area contributed by atoms with Crippen LogP contribution in [0.1, 0.15) is 11.3 Å². The summed E-state index contributed by atoms with van der Waals surface area (Å²) < 4.78 is 10.7. The van der Waals surface area contributed by atoms with Crippen LogP contribution in [0, 0.1) is 0 Å². The molecular formula is C25H26N6O2. The molecular weight excluding hydrogens is 416 g/mol. The van der Waals surface area contributed by atoms with Crippen molar-refractivity contribution in [2.24, 2.45) is 4.99 Å². The minimum absolute atomic E-state index is 0.539. The largest absolute Gasteiger partial charge is 0.493 e. The van der Waals surface area contributed by atoms with E-state index in [0.717, 1.165) is 40.1 Å². The summed E-state index contributed by atoms with van der Waals surface area (Å²) in [6, 6.07) is 7.85. The van der Waals surface area contributed by atoms with Crippen LogP contribution in [0.5, 0.6) is 11.5 Å². The molecule has 0 saturated heterocycles. The Hall–Kier alpha value is -4.20. The highest BCUT2D eigenvalue weighted by molar-refractivity contribution is 6.31. The molecule has 2 N–H and O–H groups in total. The van der Waals surface area contributed by atoms with Gasteiger partial charge in [-0.15, -0.1) is 0 Å². The number of amidine groups is 1. The van der Waals surface area contributed by atoms with E-state index in [-0.39, 0.29) is 0 Å². The zero-order chi connectivity index (χ0) is 23.2. The molecule has 0 aliphatic carbocycles. The van der Waals surface area contributed by atoms with Crippen LogP contribution in [0.25, 0.3) is 16.7 Å². The number of hydrogen-bond acceptors (Lipinski definition) is 7. The van der Waals surface area contributed by atoms with E-state index >= 15 is 0 Å². The van der Waals surface area contributed by atoms with Gasteiger partial charge in [0.1, 0.15) is 5.84 Å². The SMILES string of the molecule is C=C/C=C1\C(=NC)Nc2cnccc2-c2cnc(NCCc3ccc(OC)c(OC)c3)nc21. The zero-order valence-electron chi connectivity index (χ0n) is 18.9. The quantitative estimate of drug-likeness (QED) is 0.565. The van der Waals surface area contributed by atoms with Gasteiger partial charge in [-0.2, -0.15) is 0 Å². The Morgan fingerprint density at radius 1 is 1.12 bits per heavy atom. The van der Waals surface area contributed by atoms with Crippen molar-refractivity contribution in [1.82, 2.24) is 15.0 Å². The first-order valence-electron chi connectivity index (χ1n) is 10.5. The van der Waals surface area contributed by atoms with Crippen molar-refractivity contribution in [1.29, 1.82) is 0 Å². The van der Waals surface area contributed by atoms with Gasteiger partial charge in [0, 0.05) is 42.7 Å². The number of rotatable bonds is 7. The number of allylic oxidation sites excluding steroid dienone is 2. The van der Waals surface area contributed by atoms with Gasteiger partial charge in [0.25, 0.3) is 0 Å². The molecule has 8 nitrogen and oxygen atoms in total. The normalized spacial score (nSPS) is 14.6. The summed E-state index contributed by atoms with van der Waals surface area (Å²) in [6.07, 6.45) is 9.76. The Bertz CT molecular complexity index is 1240. The molecule has 0 fully saturated rings. The van der Waals surface area contributed by atoms with E-state index in [1.54, 1.807) is 39.7 Å². The minimum atomic E-state index is 0.539. The second-order valence-electron chi connectivity index (χ2n) is 7.26. The van der Waals surface area contributed by atoms with Gasteiger partial charge in [0.15, 0.2) is 11.5 Å². The fourth-order valence-electron chi connectivity index (χ4n) is 3.71. The van der Waals surface area contributed by atoms with Crippen LogP contribution in [-0.4, -0.2) is 48.6 Å². The van der Waals surface area contributed by atoms with Crippen LogP contribution < -0.4 is 20.1 Å². The number of fused-ring (bicyclic) bond motifs is 3. The van der Waals surface area contributed by atoms with Crippen molar-refractivity contribution in [3.63, 3.8) is 0 Å². The van der Waals surface area contributed by atoms with Gasteiger partial charge in [-0.05, 0) is 36.3 Å². The lowest BCUT2D eigenvalue weighted by atomic mass is 10.0. The summed E-state index contributed by atoms with van der Waals surface area (Å²) in [5.74, 6) is 2.65. The second kappa shape index (κ2) is 9.95. The first kappa shape index (κ1) is 22.0. The lowest BCUT2D eigenvalue weighted by Gasteiger charge is -2.12. The molecule has 3 heterocycles. The summed E-state index contributed by atoms with van der Waals surface area (Å²) in [7, 11) is 5.00. The van der Waals surface area contributed by atoms with E-state index in [9.17, 15) is 0 Å². The van der Waals surface area contributed by atoms with Crippen molar-refractivity contribution in [3.05, 3.63) is 72.8 Å². The lowest BCUT2D eigenvalue weighted by Crippen LogP contribution is -2.14. The first-order valence-corrected chi connectivity index (χ1v) is 10.5. The van der Waals surface area contributed by atoms with Gasteiger partial charge in [-0.3, -0.25) is 9.98 Å². The molecule has 8 heteroatoms. The summed E-state index contributed by atoms with van der Waals surface area (Å²) in [6.45, 7) is 4.51. The van der Waals surface area contributed by atoms with Gasteiger partial charge < -0.3 is 20.1 Å². The third-order valence-corrected chi connectivity index (χ3v) is 5.32. The minimum Gasteiger partial charge on any atom is -0.493 e. The fraction of sp³-hybridized carbons (Fsp3) is 0.200. The van der Waals surface area contributed by atoms with Crippen molar-refractivity contribution in [3.8, 4) is 22.6 Å². The molecule has 1 aliphatic heterocycles. The number of ether oxygens (including phenoxy) is 2. The van der Waals surface area contributed by atoms with E-state index in [1.807, 2.05) is 36.5 Å². The number of anilines is 2. The zero-order valence-corrected chi connectivity index (χ0v) is 18.9. The maximum absolute atomic E-state index is 5.39. The van der Waals surface area contributed by atoms with Gasteiger partial charge in [-0.1, -0.05) is 18.7 Å². The topological polar surface area (TPSA) is 93.6 Å². The Kier molecular flexibility index (Phi) is 6.64. The van der Waals surface area contributed by atoms with Gasteiger partial charge >= 0.3 is 0 Å². The number of nitrogens with zero attached hydrogens (tertiary/aromatic N) is 4. The number of nitrogens with one attached hydrogen (secondary N) is 2. The number of methoxy groups -OCH3 is 2. The number of aromatic nitrogens is 3. The third kappa shape index (κ3) is 4.55. The van der Waals surface area contributed by atoms with E-state index < -0.39 is 0 Å². The van der Waals surface area contributed by atoms with Crippen molar-refractivity contribution < 1.29 is 9.47 Å². The molecule has 4 rings (SSSR count). The lowest BCUT2D eigenvalue weighted by molar-refractivity contribution is 0.354. The number of hydrogen-bond donors (Lipinski definition) is 2. The summed E-state index contributed by atoms with van der Waals surface area (Å²) in [5.41, 5.74) is 5.45. The van der Waals surface area contributed by atoms with Crippen molar-refractivity contribution >= 4 is 23.0 Å². The fourth-order valence-corrected chi connectivity index (χ4v) is 3.71. The number of pyridine rings is 1. The summed E-state index contributed by atoms with van der Waals surface area (Å²) in [4.78, 5) is 18.1. The molecule has 2 aromatic heterocycles. The van der Waals surface area contributed by atoms with E-state index in [2.05, 4.69) is 32.2 Å². The van der Waals surface area contributed by atoms with Crippen LogP contribution in [0.4, 0.5) is 11.6 Å². The highest BCUT2D eigenvalue weighted by Crippen LogP contribution is 2.36. The number of benzene rings is 1. The smallest absolute Gasteiger partial charge is 0.223 e. The monoisotopic (exact) mass is 442 g/mol. The molecule has 0 atom stereocenters. The highest BCUT2D eigenvalue weighted by Gasteiger charge is 2.24. The molecule has 168 valence electrons. The van der Waals surface area contributed by atoms with Crippen LogP contribution in [0.2, 0.25) is 0 Å². The summed E-state index contributed by atoms with van der Waals surface area (Å²) >= 11 is 0. The van der Waals surface area contributed by atoms with Crippen LogP contribution in [0.15, 0.2) is 66.6 Å². The van der Waals surface area contributed by atoms with E-state index in [0.29, 0.717) is 29.8 Å². The molecule has 33 heavy (non-hydrogen) atoms. The molecule has 0 bridgehead atoms. The Morgan fingerprint density at radius 3 is 2.73 bits per heavy atom. The second-order valence-corrected chi connectivity index (χ2v) is 7.26. The van der Waals surface area contributed by atoms with Crippen molar-refractivity contribution in [2.75, 3.05) is 38.4 Å². The van der Waals surface area contributed by atoms with Gasteiger partial charge in [0.05, 0.1) is 31.8 Å². The van der Waals surface area contributed by atoms with Crippen molar-refractivity contribution in [2.45, 2.75) is 6.42 Å². The Labute approximate surface area is 193 Å². The molecule has 3 aromatic rings. The molecule has 0 saturated carbocycles. The highest BCUT2D eigenvalue weighted by atomic mass is 16.5. The molecule has 0 spiro atoms. The predicted octanol–water partition coefficient (Wildman–Crippen LogP) is 4.23. The van der Waals surface area contributed by atoms with Crippen LogP contribution in [-0.2, 0) is 6.42 Å². The molecule has 0 amide bonds. The molecule has 0 radical (unpaired) electrons. The van der Waals surface area contributed by atoms with E-state index in [1.165, 1.54) is 0 Å². The predicted molar refractivity (Wildman–Crippen MR) is 132 cm³/mol. The van der Waals surface area contributed by atoms with Crippen LogP contribution >= 0.6 is 0 Å². The third-order valence-electron chi connectivity index (χ3n) is 5.32. The summed E-state index contributed by atoms with van der Waals surface area (Å²) in [5, 5.41) is 6.69. The number of aliphatic imine (C=N–C) groups is 1.